The van der Waals surface area contributed by atoms with E-state index in [4.69, 9.17) is 29.0 Å². The summed E-state index contributed by atoms with van der Waals surface area (Å²) in [5, 5.41) is 20.9. The molecule has 0 spiro atoms. The van der Waals surface area contributed by atoms with Gasteiger partial charge in [-0.3, -0.25) is 23.2 Å². The van der Waals surface area contributed by atoms with E-state index in [1.807, 2.05) is 0 Å². The molecule has 18 nitrogen and oxygen atoms in total. The number of phosphoric acid groups is 2. The summed E-state index contributed by atoms with van der Waals surface area (Å²) in [5.41, 5.74) is 4.60. The highest BCUT2D eigenvalue weighted by molar-refractivity contribution is 7.61. The highest BCUT2D eigenvalue weighted by Crippen LogP contribution is 2.60. The Morgan fingerprint density at radius 2 is 1.19 bits per heavy atom. The zero-order valence-electron chi connectivity index (χ0n) is 43.9. The number of nitrogen functional groups attached to an aromatic ring is 1. The summed E-state index contributed by atoms with van der Waals surface area (Å²) in [6, 6.07) is 1.25. The third-order valence-electron chi connectivity index (χ3n) is 12.5. The molecule has 1 aromatic rings. The molecule has 1 saturated heterocycles. The molecule has 2 heterocycles. The van der Waals surface area contributed by atoms with Gasteiger partial charge in [-0.25, -0.2) is 13.9 Å². The first-order valence-electron chi connectivity index (χ1n) is 27.2. The van der Waals surface area contributed by atoms with Crippen molar-refractivity contribution in [3.05, 3.63) is 47.1 Å². The molecule has 7 atom stereocenters. The Balaban J connectivity index is 1.77. The van der Waals surface area contributed by atoms with E-state index >= 15 is 0 Å². The molecule has 0 aromatic carbocycles. The van der Waals surface area contributed by atoms with E-state index in [2.05, 4.69) is 54.4 Å². The van der Waals surface area contributed by atoms with Crippen molar-refractivity contribution in [3.8, 4) is 0 Å². The minimum atomic E-state index is -5.43. The fourth-order valence-corrected chi connectivity index (χ4v) is 10.4. The number of allylic oxidation sites excluding steroid dienone is 4. The molecule has 0 saturated carbocycles. The number of aromatic nitrogens is 2. The number of hydrogen-bond donors (Lipinski definition) is 5. The van der Waals surface area contributed by atoms with Crippen molar-refractivity contribution in [1.29, 1.82) is 0 Å². The van der Waals surface area contributed by atoms with E-state index in [9.17, 15) is 43.5 Å². The maximum atomic E-state index is 12.9. The maximum Gasteiger partial charge on any atom is 0.481 e. The number of aliphatic hydroxyl groups excluding tert-OH is 2. The second kappa shape index (κ2) is 39.6. The van der Waals surface area contributed by atoms with E-state index in [-0.39, 0.29) is 18.7 Å². The maximum absolute atomic E-state index is 12.9. The van der Waals surface area contributed by atoms with E-state index in [1.165, 1.54) is 115 Å². The van der Waals surface area contributed by atoms with Gasteiger partial charge in [0.05, 0.1) is 13.2 Å². The minimum Gasteiger partial charge on any atom is -0.462 e. The van der Waals surface area contributed by atoms with Crippen LogP contribution in [-0.2, 0) is 46.3 Å². The smallest absolute Gasteiger partial charge is 0.462 e. The molecule has 72 heavy (non-hydrogen) atoms. The van der Waals surface area contributed by atoms with Crippen LogP contribution in [0.4, 0.5) is 5.82 Å². The first-order chi connectivity index (χ1) is 34.5. The molecule has 0 radical (unpaired) electrons. The first kappa shape index (κ1) is 65.4. The third kappa shape index (κ3) is 32.5. The van der Waals surface area contributed by atoms with Crippen molar-refractivity contribution in [3.63, 3.8) is 0 Å². The lowest BCUT2D eigenvalue weighted by Gasteiger charge is -2.21. The largest absolute Gasteiger partial charge is 0.481 e. The van der Waals surface area contributed by atoms with E-state index in [0.717, 1.165) is 74.7 Å². The number of carbonyl (C=O) groups excluding carboxylic acids is 2. The van der Waals surface area contributed by atoms with Crippen molar-refractivity contribution in [1.82, 2.24) is 9.55 Å². The van der Waals surface area contributed by atoms with Gasteiger partial charge in [0.25, 0.3) is 0 Å². The van der Waals surface area contributed by atoms with Crippen LogP contribution in [0, 0.1) is 5.92 Å². The molecule has 416 valence electrons. The number of hydrogen-bond acceptors (Lipinski definition) is 15. The number of unbranched alkanes of at least 4 members (excludes halogenated alkanes) is 24. The predicted molar refractivity (Wildman–Crippen MR) is 280 cm³/mol. The molecular formula is C52H93N3O15P2. The first-order valence-corrected chi connectivity index (χ1v) is 30.2. The second-order valence-electron chi connectivity index (χ2n) is 19.6. The van der Waals surface area contributed by atoms with Gasteiger partial charge in [0, 0.05) is 19.0 Å². The minimum absolute atomic E-state index is 0.0507. The Hall–Kier alpha value is -2.76. The van der Waals surface area contributed by atoms with Gasteiger partial charge in [-0.1, -0.05) is 186 Å². The summed E-state index contributed by atoms with van der Waals surface area (Å²) < 4.78 is 56.9. The standard InChI is InChI=1S/C52H93N3O15P2/c1-4-5-6-7-8-9-10-11-14-18-21-24-27-30-33-36-47(56)65-40-44(68-48(57)37-34-31-28-25-22-19-16-13-12-15-17-20-23-26-29-32-35-43(2)3)41-66-71(61,62)70-72(63,64)67-42-45-49(58)50(59)51(69-45)55-39-38-46(53)54-52(55)60/h9-11,14,38-39,43-45,49-51,58-59H,4-8,12-13,15-37,40-42H2,1-3H3,(H,61,62)(H,63,64)(H2,53,54,60)/b10-9-,14-11-/t44-,45-,49+,50?,51-/m1/s1. The molecular weight excluding hydrogens is 969 g/mol. The summed E-state index contributed by atoms with van der Waals surface area (Å²) in [4.78, 5) is 62.0. The predicted octanol–water partition coefficient (Wildman–Crippen LogP) is 11.6. The van der Waals surface area contributed by atoms with Crippen molar-refractivity contribution < 1.29 is 66.3 Å². The highest BCUT2D eigenvalue weighted by atomic mass is 31.3. The summed E-state index contributed by atoms with van der Waals surface area (Å²) >= 11 is 0. The number of nitrogens with zero attached hydrogens (tertiary/aromatic N) is 2. The number of nitrogens with two attached hydrogens (primary N) is 1. The number of ether oxygens (including phenoxy) is 3. The van der Waals surface area contributed by atoms with E-state index in [0.29, 0.717) is 12.8 Å². The van der Waals surface area contributed by atoms with Crippen LogP contribution in [-0.4, -0.2) is 85.7 Å². The Kier molecular flexibility index (Phi) is 36.0. The fraction of sp³-hybridized carbons (Fsp3) is 0.808. The molecule has 0 amide bonds. The summed E-state index contributed by atoms with van der Waals surface area (Å²) in [6.07, 6.45) is 33.9. The van der Waals surface area contributed by atoms with Crippen molar-refractivity contribution in [2.45, 2.75) is 244 Å². The number of phosphoric ester groups is 2. The zero-order chi connectivity index (χ0) is 52.9. The molecule has 0 aliphatic carbocycles. The van der Waals surface area contributed by atoms with E-state index < -0.39 is 83.7 Å². The van der Waals surface area contributed by atoms with Crippen LogP contribution in [0.1, 0.15) is 220 Å². The monoisotopic (exact) mass is 1060 g/mol. The molecule has 3 unspecified atom stereocenters. The summed E-state index contributed by atoms with van der Waals surface area (Å²) in [5.74, 6) is -0.494. The van der Waals surface area contributed by atoms with E-state index in [1.54, 1.807) is 0 Å². The molecule has 0 bridgehead atoms. The Labute approximate surface area is 430 Å². The molecule has 1 fully saturated rings. The normalized spacial score (nSPS) is 19.3. The Bertz CT molecular complexity index is 1810. The van der Waals surface area contributed by atoms with Crippen LogP contribution < -0.4 is 11.4 Å². The molecule has 6 N–H and O–H groups in total. The van der Waals surface area contributed by atoms with Crippen molar-refractivity contribution >= 4 is 33.4 Å². The molecule has 2 rings (SSSR count). The van der Waals surface area contributed by atoms with Crippen molar-refractivity contribution in [2.75, 3.05) is 25.6 Å². The third-order valence-corrected chi connectivity index (χ3v) is 15.1. The number of aliphatic hydroxyl groups is 2. The Morgan fingerprint density at radius 3 is 1.72 bits per heavy atom. The second-order valence-corrected chi connectivity index (χ2v) is 22.6. The van der Waals surface area contributed by atoms with Crippen LogP contribution in [0.3, 0.4) is 0 Å². The van der Waals surface area contributed by atoms with Gasteiger partial charge in [-0.05, 0) is 50.5 Å². The molecule has 1 aliphatic rings. The van der Waals surface area contributed by atoms with Gasteiger partial charge < -0.3 is 39.9 Å². The van der Waals surface area contributed by atoms with Crippen LogP contribution in [0.2, 0.25) is 0 Å². The molecule has 1 aliphatic heterocycles. The Morgan fingerprint density at radius 1 is 0.708 bits per heavy atom. The summed E-state index contributed by atoms with van der Waals surface area (Å²) in [6.45, 7) is 4.49. The quantitative estimate of drug-likeness (QED) is 0.0176. The van der Waals surface area contributed by atoms with Crippen LogP contribution in [0.15, 0.2) is 41.4 Å². The SMILES string of the molecule is CCCCCC/C=C\C=C/CCCCCCCC(=O)OC[C@H](COP(=O)(O)OP(=O)(O)OC[C@H]1O[C@@H](n2ccc(N)nc2=O)C(O)[C@H]1O)OC(=O)CCCCCCCCCCCCCCCCCCC(C)C. The zero-order valence-corrected chi connectivity index (χ0v) is 45.7. The number of anilines is 1. The lowest BCUT2D eigenvalue weighted by atomic mass is 10.0. The van der Waals surface area contributed by atoms with Gasteiger partial charge in [0.2, 0.25) is 0 Å². The van der Waals surface area contributed by atoms with Crippen LogP contribution in [0.5, 0.6) is 0 Å². The average molecular weight is 1060 g/mol. The number of esters is 2. The lowest BCUT2D eigenvalue weighted by molar-refractivity contribution is -0.161. The van der Waals surface area contributed by atoms with Gasteiger partial charge in [-0.15, -0.1) is 0 Å². The van der Waals surface area contributed by atoms with Crippen LogP contribution in [0.25, 0.3) is 0 Å². The van der Waals surface area contributed by atoms with Crippen molar-refractivity contribution in [2.24, 2.45) is 5.92 Å². The lowest BCUT2D eigenvalue weighted by Crippen LogP contribution is -2.36. The summed E-state index contributed by atoms with van der Waals surface area (Å²) in [7, 11) is -10.8. The average Bonchev–Trinajstić information content (AvgIpc) is 3.60. The topological polar surface area (TPSA) is 265 Å². The fourth-order valence-electron chi connectivity index (χ4n) is 8.25. The number of carbonyl (C=O) groups is 2. The highest BCUT2D eigenvalue weighted by Gasteiger charge is 2.46. The van der Waals surface area contributed by atoms with Gasteiger partial charge in [0.1, 0.15) is 30.7 Å². The van der Waals surface area contributed by atoms with Gasteiger partial charge >= 0.3 is 33.3 Å². The van der Waals surface area contributed by atoms with Crippen LogP contribution >= 0.6 is 15.6 Å². The molecule has 20 heteroatoms. The number of rotatable bonds is 45. The van der Waals surface area contributed by atoms with Gasteiger partial charge in [0.15, 0.2) is 12.3 Å². The van der Waals surface area contributed by atoms with Gasteiger partial charge in [-0.2, -0.15) is 9.29 Å². The molecule has 1 aromatic heterocycles.